The molecule has 0 spiro atoms. The highest BCUT2D eigenvalue weighted by molar-refractivity contribution is 6.20. The normalized spacial score (nSPS) is 13.1. The van der Waals surface area contributed by atoms with Gasteiger partial charge in [0, 0.05) is 0 Å². The second-order valence-corrected chi connectivity index (χ2v) is 6.49. The largest absolute Gasteiger partial charge is 0.461 e. The van der Waals surface area contributed by atoms with Gasteiger partial charge >= 0.3 is 11.9 Å². The van der Waals surface area contributed by atoms with Gasteiger partial charge in [0.05, 0.1) is 17.7 Å². The summed E-state index contributed by atoms with van der Waals surface area (Å²) in [5.74, 6) is -2.62. The molecule has 0 N–H and O–H groups in total. The van der Waals surface area contributed by atoms with E-state index in [1.165, 1.54) is 19.1 Å². The number of carbonyl (C=O) groups is 4. The van der Waals surface area contributed by atoms with Gasteiger partial charge in [0.2, 0.25) is 0 Å². The van der Waals surface area contributed by atoms with Crippen molar-refractivity contribution in [1.82, 2.24) is 5.06 Å². The third-order valence-corrected chi connectivity index (χ3v) is 4.36. The fraction of sp³-hybridized carbons (Fsp3) is 0.333. The maximum Gasteiger partial charge on any atom is 0.323 e. The number of hydroxylamine groups is 2. The van der Waals surface area contributed by atoms with Gasteiger partial charge in [0.1, 0.15) is 13.2 Å². The van der Waals surface area contributed by atoms with Crippen molar-refractivity contribution in [2.24, 2.45) is 5.41 Å². The summed E-state index contributed by atoms with van der Waals surface area (Å²) >= 11 is 0. The third kappa shape index (κ3) is 4.78. The Morgan fingerprint density at radius 1 is 1.00 bits per heavy atom. The zero-order valence-corrected chi connectivity index (χ0v) is 16.2. The number of carbonyl (C=O) groups excluding carboxylic acids is 4. The predicted molar refractivity (Wildman–Crippen MR) is 103 cm³/mol. The van der Waals surface area contributed by atoms with Crippen LogP contribution in [0.5, 0.6) is 0 Å². The lowest BCUT2D eigenvalue weighted by atomic mass is 9.85. The molecule has 1 heterocycles. The van der Waals surface area contributed by atoms with Gasteiger partial charge in [-0.25, -0.2) is 0 Å². The minimum Gasteiger partial charge on any atom is -0.461 e. The molecule has 0 radical (unpaired) electrons. The number of nitrogens with zero attached hydrogens (tertiary/aromatic N) is 1. The quantitative estimate of drug-likeness (QED) is 0.185. The molecule has 1 aromatic carbocycles. The number of hydrogen-bond donors (Lipinski definition) is 0. The topological polar surface area (TPSA) is 99.2 Å². The molecule has 0 unspecified atom stereocenters. The lowest BCUT2D eigenvalue weighted by Crippen LogP contribution is -2.40. The molecule has 0 bridgehead atoms. The zero-order valence-electron chi connectivity index (χ0n) is 16.2. The van der Waals surface area contributed by atoms with Crippen molar-refractivity contribution < 1.29 is 33.5 Å². The van der Waals surface area contributed by atoms with Crippen LogP contribution in [0.15, 0.2) is 49.6 Å². The van der Waals surface area contributed by atoms with Crippen LogP contribution >= 0.6 is 0 Å². The molecule has 1 aromatic rings. The number of amides is 2. The molecule has 29 heavy (non-hydrogen) atoms. The molecular weight excluding hydrogens is 378 g/mol. The van der Waals surface area contributed by atoms with Crippen molar-refractivity contribution in [3.63, 3.8) is 0 Å². The second-order valence-electron chi connectivity index (χ2n) is 6.49. The summed E-state index contributed by atoms with van der Waals surface area (Å²) in [6.07, 6.45) is 3.00. The van der Waals surface area contributed by atoms with E-state index in [4.69, 9.17) is 14.3 Å². The SMILES string of the molecule is C=CCOC(=O)C(C)(CCCON1C(=O)c2ccccc2C1=O)C(=O)OCC=C. The maximum absolute atomic E-state index is 12.4. The van der Waals surface area contributed by atoms with Gasteiger partial charge in [-0.3, -0.25) is 24.0 Å². The smallest absolute Gasteiger partial charge is 0.323 e. The first kappa shape index (κ1) is 22.0. The lowest BCUT2D eigenvalue weighted by Gasteiger charge is -2.25. The molecule has 8 nitrogen and oxygen atoms in total. The van der Waals surface area contributed by atoms with Crippen LogP contribution in [0.25, 0.3) is 0 Å². The van der Waals surface area contributed by atoms with E-state index in [2.05, 4.69) is 13.2 Å². The molecule has 0 aromatic heterocycles. The average molecular weight is 401 g/mol. The summed E-state index contributed by atoms with van der Waals surface area (Å²) in [6.45, 7) is 8.18. The van der Waals surface area contributed by atoms with Crippen molar-refractivity contribution in [3.05, 3.63) is 60.7 Å². The molecule has 154 valence electrons. The van der Waals surface area contributed by atoms with E-state index in [0.29, 0.717) is 5.06 Å². The van der Waals surface area contributed by atoms with Crippen molar-refractivity contribution in [2.45, 2.75) is 19.8 Å². The Kier molecular flexibility index (Phi) is 7.44. The highest BCUT2D eigenvalue weighted by atomic mass is 16.7. The summed E-state index contributed by atoms with van der Waals surface area (Å²) in [5, 5.41) is 0.689. The summed E-state index contributed by atoms with van der Waals surface area (Å²) in [6, 6.07) is 6.40. The van der Waals surface area contributed by atoms with Crippen LogP contribution in [0.1, 0.15) is 40.5 Å². The van der Waals surface area contributed by atoms with Gasteiger partial charge in [-0.2, -0.15) is 0 Å². The van der Waals surface area contributed by atoms with Crippen molar-refractivity contribution in [3.8, 4) is 0 Å². The summed E-state index contributed by atoms with van der Waals surface area (Å²) in [7, 11) is 0. The highest BCUT2D eigenvalue weighted by Crippen LogP contribution is 2.28. The Morgan fingerprint density at radius 2 is 1.48 bits per heavy atom. The van der Waals surface area contributed by atoms with Crippen molar-refractivity contribution in [2.75, 3.05) is 19.8 Å². The van der Waals surface area contributed by atoms with Gasteiger partial charge in [-0.1, -0.05) is 37.4 Å². The van der Waals surface area contributed by atoms with Crippen LogP contribution in [-0.4, -0.2) is 48.6 Å². The number of hydrogen-bond acceptors (Lipinski definition) is 7. The Balaban J connectivity index is 1.97. The fourth-order valence-electron chi connectivity index (χ4n) is 2.74. The highest BCUT2D eigenvalue weighted by Gasteiger charge is 2.44. The number of rotatable bonds is 11. The van der Waals surface area contributed by atoms with Crippen LogP contribution in [0.4, 0.5) is 0 Å². The number of esters is 2. The van der Waals surface area contributed by atoms with Gasteiger partial charge in [0.25, 0.3) is 11.8 Å². The van der Waals surface area contributed by atoms with Gasteiger partial charge in [0.15, 0.2) is 5.41 Å². The summed E-state index contributed by atoms with van der Waals surface area (Å²) < 4.78 is 10.0. The molecule has 0 saturated heterocycles. The Labute approximate surface area is 168 Å². The standard InChI is InChI=1S/C21H23NO7/c1-4-12-27-19(25)21(3,20(26)28-13-5-2)11-8-14-29-22-17(23)15-9-6-7-10-16(15)18(22)24/h4-7,9-10H,1-2,8,11-14H2,3H3. The third-order valence-electron chi connectivity index (χ3n) is 4.36. The second kappa shape index (κ2) is 9.79. The number of fused-ring (bicyclic) bond motifs is 1. The van der Waals surface area contributed by atoms with E-state index in [1.807, 2.05) is 0 Å². The number of imide groups is 1. The lowest BCUT2D eigenvalue weighted by molar-refractivity contribution is -0.171. The molecule has 0 fully saturated rings. The van der Waals surface area contributed by atoms with Crippen molar-refractivity contribution in [1.29, 1.82) is 0 Å². The molecule has 8 heteroatoms. The fourth-order valence-corrected chi connectivity index (χ4v) is 2.74. The predicted octanol–water partition coefficient (Wildman–Crippen LogP) is 2.46. The van der Waals surface area contributed by atoms with E-state index in [-0.39, 0.29) is 43.8 Å². The Morgan fingerprint density at radius 3 is 1.93 bits per heavy atom. The average Bonchev–Trinajstić information content (AvgIpc) is 2.97. The first-order valence-corrected chi connectivity index (χ1v) is 9.03. The Bertz CT molecular complexity index is 771. The van der Waals surface area contributed by atoms with Crippen LogP contribution in [0, 0.1) is 5.41 Å². The van der Waals surface area contributed by atoms with Crippen molar-refractivity contribution >= 4 is 23.8 Å². The van der Waals surface area contributed by atoms with E-state index in [0.717, 1.165) is 0 Å². The first-order valence-electron chi connectivity index (χ1n) is 9.03. The van der Waals surface area contributed by atoms with Crippen LogP contribution in [0.2, 0.25) is 0 Å². The molecule has 0 saturated carbocycles. The van der Waals surface area contributed by atoms with Crippen LogP contribution < -0.4 is 0 Å². The molecule has 1 aliphatic rings. The monoisotopic (exact) mass is 401 g/mol. The van der Waals surface area contributed by atoms with E-state index in [9.17, 15) is 19.2 Å². The van der Waals surface area contributed by atoms with E-state index >= 15 is 0 Å². The maximum atomic E-state index is 12.4. The molecule has 2 amide bonds. The van der Waals surface area contributed by atoms with Crippen LogP contribution in [0.3, 0.4) is 0 Å². The molecule has 0 atom stereocenters. The van der Waals surface area contributed by atoms with E-state index < -0.39 is 29.2 Å². The molecule has 0 aliphatic carbocycles. The Hall–Kier alpha value is -3.26. The first-order chi connectivity index (χ1) is 13.9. The minimum atomic E-state index is -1.57. The molecule has 2 rings (SSSR count). The van der Waals surface area contributed by atoms with Gasteiger partial charge in [-0.05, 0) is 31.9 Å². The number of ether oxygens (including phenoxy) is 2. The summed E-state index contributed by atoms with van der Waals surface area (Å²) in [5.41, 5.74) is -1.04. The number of benzene rings is 1. The van der Waals surface area contributed by atoms with Gasteiger partial charge < -0.3 is 9.47 Å². The molecule has 1 aliphatic heterocycles. The van der Waals surface area contributed by atoms with Crippen LogP contribution in [-0.2, 0) is 23.9 Å². The summed E-state index contributed by atoms with van der Waals surface area (Å²) in [4.78, 5) is 54.6. The van der Waals surface area contributed by atoms with Gasteiger partial charge in [-0.15, -0.1) is 5.06 Å². The minimum absolute atomic E-state index is 0.0299. The zero-order chi connectivity index (χ0) is 21.4. The molecular formula is C21H23NO7. The van der Waals surface area contributed by atoms with E-state index in [1.54, 1.807) is 24.3 Å².